The van der Waals surface area contributed by atoms with E-state index >= 15 is 0 Å². The molecule has 0 aliphatic carbocycles. The summed E-state index contributed by atoms with van der Waals surface area (Å²) in [6, 6.07) is 21.0. The Morgan fingerprint density at radius 3 is 2.43 bits per heavy atom. The van der Waals surface area contributed by atoms with E-state index in [0.717, 1.165) is 28.9 Å². The molecule has 0 N–H and O–H groups in total. The molecule has 0 spiro atoms. The molecule has 2 aromatic carbocycles. The maximum absolute atomic E-state index is 13.3. The first-order valence-corrected chi connectivity index (χ1v) is 11.7. The molecular formula is C24H26N2O3S. The van der Waals surface area contributed by atoms with Gasteiger partial charge < -0.3 is 4.74 Å². The first-order valence-electron chi connectivity index (χ1n) is 10.2. The lowest BCUT2D eigenvalue weighted by Crippen LogP contribution is -2.44. The number of nitrogens with zero attached hydrogens (tertiary/aromatic N) is 2. The van der Waals surface area contributed by atoms with Crippen LogP contribution in [0.25, 0.3) is 0 Å². The molecule has 1 unspecified atom stereocenters. The van der Waals surface area contributed by atoms with E-state index in [9.17, 15) is 8.42 Å². The van der Waals surface area contributed by atoms with Gasteiger partial charge in [0.05, 0.1) is 0 Å². The van der Waals surface area contributed by atoms with E-state index in [-0.39, 0.29) is 6.04 Å². The monoisotopic (exact) mass is 422 g/mol. The van der Waals surface area contributed by atoms with Crippen LogP contribution in [0.3, 0.4) is 0 Å². The average Bonchev–Trinajstić information content (AvgIpc) is 2.77. The Hall–Kier alpha value is -2.70. The molecule has 0 saturated carbocycles. The second kappa shape index (κ2) is 8.98. The zero-order chi connectivity index (χ0) is 21.0. The Morgan fingerprint density at radius 2 is 1.73 bits per heavy atom. The molecule has 5 nitrogen and oxygen atoms in total. The van der Waals surface area contributed by atoms with Gasteiger partial charge in [-0.2, -0.15) is 4.31 Å². The molecule has 1 aliphatic heterocycles. The van der Waals surface area contributed by atoms with Gasteiger partial charge in [-0.1, -0.05) is 48.5 Å². The van der Waals surface area contributed by atoms with Crippen molar-refractivity contribution in [3.63, 3.8) is 0 Å². The molecule has 1 aliphatic rings. The number of aromatic nitrogens is 1. The fourth-order valence-electron chi connectivity index (χ4n) is 3.87. The first-order chi connectivity index (χ1) is 14.5. The third kappa shape index (κ3) is 4.55. The predicted octanol–water partition coefficient (Wildman–Crippen LogP) is 4.72. The zero-order valence-corrected chi connectivity index (χ0v) is 17.8. The average molecular weight is 423 g/mol. The number of hydrogen-bond donors (Lipinski definition) is 0. The topological polar surface area (TPSA) is 59.5 Å². The quantitative estimate of drug-likeness (QED) is 0.577. The molecule has 1 aromatic heterocycles. The first kappa shape index (κ1) is 20.6. The summed E-state index contributed by atoms with van der Waals surface area (Å²) in [6.45, 7) is 2.81. The summed E-state index contributed by atoms with van der Waals surface area (Å²) >= 11 is 0. The van der Waals surface area contributed by atoms with Gasteiger partial charge >= 0.3 is 0 Å². The minimum Gasteiger partial charge on any atom is -0.489 e. The van der Waals surface area contributed by atoms with Crippen LogP contribution in [-0.2, 0) is 23.2 Å². The second-order valence-corrected chi connectivity index (χ2v) is 9.78. The number of pyridine rings is 1. The van der Waals surface area contributed by atoms with Crippen molar-refractivity contribution in [3.05, 3.63) is 95.8 Å². The van der Waals surface area contributed by atoms with Crippen LogP contribution in [0.15, 0.2) is 79.1 Å². The van der Waals surface area contributed by atoms with E-state index in [4.69, 9.17) is 4.74 Å². The van der Waals surface area contributed by atoms with Crippen molar-refractivity contribution >= 4 is 10.0 Å². The van der Waals surface area contributed by atoms with Crippen LogP contribution in [0.2, 0.25) is 0 Å². The Labute approximate surface area is 178 Å². The van der Waals surface area contributed by atoms with Crippen molar-refractivity contribution in [3.8, 4) is 5.75 Å². The smallest absolute Gasteiger partial charge is 0.221 e. The molecule has 156 valence electrons. The van der Waals surface area contributed by atoms with Gasteiger partial charge in [0.1, 0.15) is 17.6 Å². The molecular weight excluding hydrogens is 396 g/mol. The lowest BCUT2D eigenvalue weighted by Gasteiger charge is -2.37. The van der Waals surface area contributed by atoms with Crippen molar-refractivity contribution in [1.82, 2.24) is 9.29 Å². The highest BCUT2D eigenvalue weighted by Crippen LogP contribution is 2.38. The van der Waals surface area contributed by atoms with Gasteiger partial charge in [-0.25, -0.2) is 8.42 Å². The lowest BCUT2D eigenvalue weighted by atomic mass is 10.0. The van der Waals surface area contributed by atoms with Crippen molar-refractivity contribution in [2.24, 2.45) is 0 Å². The molecule has 2 heterocycles. The SMILES string of the molecule is C[C@H]1CCC(c2ccccc2)S(=O)(=O)N1Cc1ccc(OCc2cccnc2)cc1. The fourth-order valence-corrected chi connectivity index (χ4v) is 6.07. The van der Waals surface area contributed by atoms with Crippen LogP contribution in [0.5, 0.6) is 5.75 Å². The van der Waals surface area contributed by atoms with Crippen LogP contribution < -0.4 is 4.74 Å². The zero-order valence-electron chi connectivity index (χ0n) is 17.0. The minimum atomic E-state index is -3.43. The summed E-state index contributed by atoms with van der Waals surface area (Å²) in [4.78, 5) is 4.08. The number of hydrogen-bond acceptors (Lipinski definition) is 4. The van der Waals surface area contributed by atoms with Crippen molar-refractivity contribution < 1.29 is 13.2 Å². The van der Waals surface area contributed by atoms with Crippen LogP contribution in [0.4, 0.5) is 0 Å². The summed E-state index contributed by atoms with van der Waals surface area (Å²) in [7, 11) is -3.43. The van der Waals surface area contributed by atoms with Crippen molar-refractivity contribution in [2.45, 2.75) is 44.2 Å². The van der Waals surface area contributed by atoms with E-state index in [1.165, 1.54) is 0 Å². The largest absolute Gasteiger partial charge is 0.489 e. The molecule has 3 aromatic rings. The maximum atomic E-state index is 13.3. The summed E-state index contributed by atoms with van der Waals surface area (Å²) in [6.07, 6.45) is 5.02. The third-order valence-electron chi connectivity index (χ3n) is 5.59. The number of sulfonamides is 1. The van der Waals surface area contributed by atoms with Crippen LogP contribution in [0.1, 0.15) is 41.7 Å². The number of ether oxygens (including phenoxy) is 1. The van der Waals surface area contributed by atoms with Gasteiger partial charge in [-0.05, 0) is 49.1 Å². The molecule has 0 bridgehead atoms. The lowest BCUT2D eigenvalue weighted by molar-refractivity contribution is 0.281. The highest BCUT2D eigenvalue weighted by molar-refractivity contribution is 7.89. The van der Waals surface area contributed by atoms with Gasteiger partial charge in [-0.15, -0.1) is 0 Å². The maximum Gasteiger partial charge on any atom is 0.221 e. The van der Waals surface area contributed by atoms with Crippen LogP contribution in [0, 0.1) is 0 Å². The Kier molecular flexibility index (Phi) is 6.16. The van der Waals surface area contributed by atoms with E-state index in [0.29, 0.717) is 19.6 Å². The fraction of sp³-hybridized carbons (Fsp3) is 0.292. The highest BCUT2D eigenvalue weighted by Gasteiger charge is 2.40. The van der Waals surface area contributed by atoms with Gasteiger partial charge in [0, 0.05) is 30.5 Å². The Bertz CT molecular complexity index is 1050. The third-order valence-corrected chi connectivity index (χ3v) is 7.96. The predicted molar refractivity (Wildman–Crippen MR) is 117 cm³/mol. The van der Waals surface area contributed by atoms with Gasteiger partial charge in [-0.3, -0.25) is 4.98 Å². The summed E-state index contributed by atoms with van der Waals surface area (Å²) in [5, 5.41) is -0.475. The standard InChI is InChI=1S/C24H26N2O3S/c1-19-9-14-24(22-7-3-2-4-8-22)30(27,28)26(19)17-20-10-12-23(13-11-20)29-18-21-6-5-15-25-16-21/h2-8,10-13,15-16,19,24H,9,14,17-18H2,1H3/t19-,24?/m0/s1. The minimum absolute atomic E-state index is 0.0172. The molecule has 1 fully saturated rings. The molecule has 2 atom stereocenters. The van der Waals surface area contributed by atoms with E-state index in [2.05, 4.69) is 4.98 Å². The molecule has 1 saturated heterocycles. The van der Waals surface area contributed by atoms with Gasteiger partial charge in [0.15, 0.2) is 0 Å². The summed E-state index contributed by atoms with van der Waals surface area (Å²) in [5.41, 5.74) is 2.82. The number of benzene rings is 2. The van der Waals surface area contributed by atoms with Gasteiger partial charge in [0.25, 0.3) is 0 Å². The van der Waals surface area contributed by atoms with Crippen LogP contribution in [-0.4, -0.2) is 23.7 Å². The normalized spacial score (nSPS) is 21.2. The number of rotatable bonds is 6. The van der Waals surface area contributed by atoms with E-state index in [1.54, 1.807) is 16.7 Å². The van der Waals surface area contributed by atoms with Crippen molar-refractivity contribution in [2.75, 3.05) is 0 Å². The molecule has 0 amide bonds. The Morgan fingerprint density at radius 1 is 0.967 bits per heavy atom. The van der Waals surface area contributed by atoms with Crippen molar-refractivity contribution in [1.29, 1.82) is 0 Å². The summed E-state index contributed by atoms with van der Waals surface area (Å²) < 4.78 is 34.2. The molecule has 6 heteroatoms. The van der Waals surface area contributed by atoms with Crippen LogP contribution >= 0.6 is 0 Å². The summed E-state index contributed by atoms with van der Waals surface area (Å²) in [5.74, 6) is 0.749. The second-order valence-electron chi connectivity index (χ2n) is 7.71. The van der Waals surface area contributed by atoms with E-state index in [1.807, 2.05) is 73.7 Å². The van der Waals surface area contributed by atoms with Gasteiger partial charge in [0.2, 0.25) is 10.0 Å². The van der Waals surface area contributed by atoms with E-state index < -0.39 is 15.3 Å². The molecule has 0 radical (unpaired) electrons. The molecule has 4 rings (SSSR count). The Balaban J connectivity index is 1.45. The molecule has 30 heavy (non-hydrogen) atoms. The highest BCUT2D eigenvalue weighted by atomic mass is 32.2.